The topological polar surface area (TPSA) is 61.8 Å². The third kappa shape index (κ3) is 6.45. The fourth-order valence-electron chi connectivity index (χ4n) is 4.94. The molecule has 4 rings (SSSR count). The SMILES string of the molecule is O=C(NC1CCCCC1)[C@@H]1C[C@H](COc2cccc(F)c2)CN(Cc2ccc(O)cc2)C1. The Morgan fingerprint density at radius 2 is 1.88 bits per heavy atom. The van der Waals surface area contributed by atoms with Gasteiger partial charge in [-0.25, -0.2) is 4.39 Å². The Labute approximate surface area is 189 Å². The summed E-state index contributed by atoms with van der Waals surface area (Å²) in [6.45, 7) is 2.67. The minimum absolute atomic E-state index is 0.0936. The predicted molar refractivity (Wildman–Crippen MR) is 122 cm³/mol. The molecule has 1 saturated heterocycles. The molecule has 5 nitrogen and oxygen atoms in total. The molecule has 2 N–H and O–H groups in total. The van der Waals surface area contributed by atoms with E-state index in [2.05, 4.69) is 10.2 Å². The van der Waals surface area contributed by atoms with Gasteiger partial charge in [0.1, 0.15) is 17.3 Å². The summed E-state index contributed by atoms with van der Waals surface area (Å²) in [6, 6.07) is 13.7. The molecule has 0 aromatic heterocycles. The number of ether oxygens (including phenoxy) is 1. The van der Waals surface area contributed by atoms with Crippen molar-refractivity contribution in [3.05, 3.63) is 59.9 Å². The summed E-state index contributed by atoms with van der Waals surface area (Å²) in [4.78, 5) is 15.4. The van der Waals surface area contributed by atoms with Gasteiger partial charge in [0.25, 0.3) is 0 Å². The quantitative estimate of drug-likeness (QED) is 0.666. The number of rotatable bonds is 7. The number of phenols is 1. The number of carbonyl (C=O) groups excluding carboxylic acids is 1. The summed E-state index contributed by atoms with van der Waals surface area (Å²) in [5.74, 6) is 0.672. The number of benzene rings is 2. The summed E-state index contributed by atoms with van der Waals surface area (Å²) >= 11 is 0. The molecule has 1 aliphatic carbocycles. The van der Waals surface area contributed by atoms with Gasteiger partial charge in [-0.1, -0.05) is 37.5 Å². The Morgan fingerprint density at radius 1 is 1.09 bits per heavy atom. The Morgan fingerprint density at radius 3 is 2.62 bits per heavy atom. The van der Waals surface area contributed by atoms with Crippen LogP contribution in [0.15, 0.2) is 48.5 Å². The van der Waals surface area contributed by atoms with Crippen molar-refractivity contribution in [1.29, 1.82) is 0 Å². The number of piperidine rings is 1. The van der Waals surface area contributed by atoms with Crippen LogP contribution in [0.4, 0.5) is 4.39 Å². The van der Waals surface area contributed by atoms with E-state index in [1.807, 2.05) is 12.1 Å². The minimum atomic E-state index is -0.315. The fraction of sp³-hybridized carbons (Fsp3) is 0.500. The molecule has 0 unspecified atom stereocenters. The zero-order chi connectivity index (χ0) is 22.3. The number of nitrogens with zero attached hydrogens (tertiary/aromatic N) is 1. The van der Waals surface area contributed by atoms with Crippen molar-refractivity contribution in [3.63, 3.8) is 0 Å². The lowest BCUT2D eigenvalue weighted by molar-refractivity contribution is -0.128. The van der Waals surface area contributed by atoms with Gasteiger partial charge in [0.05, 0.1) is 12.5 Å². The summed E-state index contributed by atoms with van der Waals surface area (Å²) in [7, 11) is 0. The van der Waals surface area contributed by atoms with Crippen LogP contribution in [0.25, 0.3) is 0 Å². The molecular formula is C26H33FN2O3. The zero-order valence-electron chi connectivity index (χ0n) is 18.5. The highest BCUT2D eigenvalue weighted by Gasteiger charge is 2.33. The molecule has 2 atom stereocenters. The first-order valence-corrected chi connectivity index (χ1v) is 11.7. The summed E-state index contributed by atoms with van der Waals surface area (Å²) < 4.78 is 19.4. The average Bonchev–Trinajstić information content (AvgIpc) is 2.80. The van der Waals surface area contributed by atoms with E-state index in [-0.39, 0.29) is 29.3 Å². The van der Waals surface area contributed by atoms with Crippen LogP contribution in [-0.4, -0.2) is 41.7 Å². The van der Waals surface area contributed by atoms with Gasteiger partial charge in [0.2, 0.25) is 5.91 Å². The molecule has 172 valence electrons. The summed E-state index contributed by atoms with van der Waals surface area (Å²) in [5, 5.41) is 12.9. The highest BCUT2D eigenvalue weighted by atomic mass is 19.1. The molecule has 2 fully saturated rings. The largest absolute Gasteiger partial charge is 0.508 e. The smallest absolute Gasteiger partial charge is 0.224 e. The monoisotopic (exact) mass is 440 g/mol. The number of nitrogens with one attached hydrogen (secondary N) is 1. The van der Waals surface area contributed by atoms with E-state index in [4.69, 9.17) is 4.74 Å². The summed E-state index contributed by atoms with van der Waals surface area (Å²) in [6.07, 6.45) is 6.54. The molecule has 1 heterocycles. The van der Waals surface area contributed by atoms with Crippen molar-refractivity contribution < 1.29 is 19.0 Å². The molecule has 6 heteroatoms. The molecular weight excluding hydrogens is 407 g/mol. The van der Waals surface area contributed by atoms with Crippen LogP contribution in [-0.2, 0) is 11.3 Å². The second-order valence-corrected chi connectivity index (χ2v) is 9.27. The van der Waals surface area contributed by atoms with Gasteiger partial charge < -0.3 is 15.2 Å². The van der Waals surface area contributed by atoms with Crippen LogP contribution < -0.4 is 10.1 Å². The number of hydrogen-bond donors (Lipinski definition) is 2. The number of aromatic hydroxyl groups is 1. The lowest BCUT2D eigenvalue weighted by atomic mass is 9.87. The minimum Gasteiger partial charge on any atom is -0.508 e. The fourth-order valence-corrected chi connectivity index (χ4v) is 4.94. The van der Waals surface area contributed by atoms with Crippen molar-refractivity contribution in [1.82, 2.24) is 10.2 Å². The average molecular weight is 441 g/mol. The maximum Gasteiger partial charge on any atom is 0.224 e. The predicted octanol–water partition coefficient (Wildman–Crippen LogP) is 4.50. The Bertz CT molecular complexity index is 883. The van der Waals surface area contributed by atoms with Crippen LogP contribution in [0.2, 0.25) is 0 Å². The Hall–Kier alpha value is -2.60. The third-order valence-corrected chi connectivity index (χ3v) is 6.56. The van der Waals surface area contributed by atoms with Gasteiger partial charge in [-0.05, 0) is 49.1 Å². The number of phenolic OH excluding ortho intramolecular Hbond substituents is 1. The second-order valence-electron chi connectivity index (χ2n) is 9.27. The molecule has 0 bridgehead atoms. The molecule has 1 amide bonds. The van der Waals surface area contributed by atoms with Crippen molar-refractivity contribution in [2.24, 2.45) is 11.8 Å². The van der Waals surface area contributed by atoms with Crippen LogP contribution in [0.5, 0.6) is 11.5 Å². The van der Waals surface area contributed by atoms with Gasteiger partial charge >= 0.3 is 0 Å². The molecule has 0 radical (unpaired) electrons. The maximum atomic E-state index is 13.5. The van der Waals surface area contributed by atoms with Gasteiger partial charge in [-0.3, -0.25) is 9.69 Å². The van der Waals surface area contributed by atoms with E-state index >= 15 is 0 Å². The lowest BCUT2D eigenvalue weighted by Gasteiger charge is -2.38. The lowest BCUT2D eigenvalue weighted by Crippen LogP contribution is -2.49. The second kappa shape index (κ2) is 10.8. The van der Waals surface area contributed by atoms with E-state index in [1.54, 1.807) is 24.3 Å². The van der Waals surface area contributed by atoms with Gasteiger partial charge in [0.15, 0.2) is 0 Å². The molecule has 2 aliphatic rings. The highest BCUT2D eigenvalue weighted by Crippen LogP contribution is 2.26. The van der Waals surface area contributed by atoms with E-state index in [1.165, 1.54) is 31.4 Å². The van der Waals surface area contributed by atoms with E-state index in [9.17, 15) is 14.3 Å². The maximum absolute atomic E-state index is 13.5. The van der Waals surface area contributed by atoms with Crippen molar-refractivity contribution in [2.45, 2.75) is 51.1 Å². The number of carbonyl (C=O) groups is 1. The molecule has 32 heavy (non-hydrogen) atoms. The first kappa shape index (κ1) is 22.6. The molecule has 1 saturated carbocycles. The third-order valence-electron chi connectivity index (χ3n) is 6.56. The van der Waals surface area contributed by atoms with Crippen LogP contribution >= 0.6 is 0 Å². The highest BCUT2D eigenvalue weighted by molar-refractivity contribution is 5.79. The van der Waals surface area contributed by atoms with E-state index in [0.29, 0.717) is 31.5 Å². The van der Waals surface area contributed by atoms with Crippen LogP contribution in [0, 0.1) is 17.7 Å². The molecule has 0 spiro atoms. The number of halogens is 1. The normalized spacial score (nSPS) is 22.4. The molecule has 2 aromatic carbocycles. The number of hydrogen-bond acceptors (Lipinski definition) is 4. The van der Waals surface area contributed by atoms with Crippen molar-refractivity contribution >= 4 is 5.91 Å². The van der Waals surface area contributed by atoms with Crippen LogP contribution in [0.3, 0.4) is 0 Å². The van der Waals surface area contributed by atoms with Crippen LogP contribution in [0.1, 0.15) is 44.1 Å². The number of amides is 1. The first-order valence-electron chi connectivity index (χ1n) is 11.7. The summed E-state index contributed by atoms with van der Waals surface area (Å²) in [5.41, 5.74) is 1.10. The molecule has 1 aliphatic heterocycles. The van der Waals surface area contributed by atoms with Gasteiger partial charge in [-0.2, -0.15) is 0 Å². The first-order chi connectivity index (χ1) is 15.5. The zero-order valence-corrected chi connectivity index (χ0v) is 18.5. The molecule has 2 aromatic rings. The van der Waals surface area contributed by atoms with E-state index < -0.39 is 0 Å². The Kier molecular flexibility index (Phi) is 7.63. The van der Waals surface area contributed by atoms with Crippen molar-refractivity contribution in [2.75, 3.05) is 19.7 Å². The van der Waals surface area contributed by atoms with Gasteiger partial charge in [0, 0.05) is 37.7 Å². The van der Waals surface area contributed by atoms with Gasteiger partial charge in [-0.15, -0.1) is 0 Å². The standard InChI is InChI=1S/C26H33FN2O3/c27-22-5-4-8-25(14-22)32-18-20-13-21(26(31)28-23-6-2-1-3-7-23)17-29(16-20)15-19-9-11-24(30)12-10-19/h4-5,8-12,14,20-21,23,30H,1-3,6-7,13,15-18H2,(H,28,31)/t20-,21+/m0/s1. The Balaban J connectivity index is 1.41. The van der Waals surface area contributed by atoms with Crippen molar-refractivity contribution in [3.8, 4) is 11.5 Å². The van der Waals surface area contributed by atoms with E-state index in [0.717, 1.165) is 31.4 Å². The number of likely N-dealkylation sites (tertiary alicyclic amines) is 1.